The van der Waals surface area contributed by atoms with Crippen LogP contribution in [0.1, 0.15) is 43.9 Å². The van der Waals surface area contributed by atoms with E-state index in [4.69, 9.17) is 5.11 Å². The van der Waals surface area contributed by atoms with E-state index in [2.05, 4.69) is 23.3 Å². The lowest BCUT2D eigenvalue weighted by atomic mass is 10.1. The Morgan fingerprint density at radius 3 is 2.79 bits per heavy atom. The average Bonchev–Trinajstić information content (AvgIpc) is 2.39. The summed E-state index contributed by atoms with van der Waals surface area (Å²) in [5.74, 6) is -0.745. The average molecular weight is 264 g/mol. The van der Waals surface area contributed by atoms with Gasteiger partial charge >= 0.3 is 5.97 Å². The van der Waals surface area contributed by atoms with Crippen LogP contribution in [0.25, 0.3) is 0 Å². The van der Waals surface area contributed by atoms with Crippen molar-refractivity contribution in [3.8, 4) is 0 Å². The minimum atomic E-state index is -0.745. The number of carboxylic acid groups (broad SMARTS) is 1. The summed E-state index contributed by atoms with van der Waals surface area (Å²) >= 11 is 0. The molecule has 1 aromatic heterocycles. The van der Waals surface area contributed by atoms with Gasteiger partial charge in [0.15, 0.2) is 0 Å². The molecule has 0 saturated carbocycles. The van der Waals surface area contributed by atoms with Crippen LogP contribution < -0.4 is 5.32 Å². The van der Waals surface area contributed by atoms with Crippen LogP contribution in [0.4, 0.5) is 0 Å². The summed E-state index contributed by atoms with van der Waals surface area (Å²) in [6.45, 7) is 4.77. The van der Waals surface area contributed by atoms with Gasteiger partial charge in [-0.05, 0) is 44.4 Å². The molecular formula is C15H24N2O2. The zero-order valence-corrected chi connectivity index (χ0v) is 11.9. The summed E-state index contributed by atoms with van der Waals surface area (Å²) in [5, 5.41) is 12.2. The molecule has 0 aliphatic rings. The van der Waals surface area contributed by atoms with Gasteiger partial charge in [-0.1, -0.05) is 25.8 Å². The van der Waals surface area contributed by atoms with E-state index >= 15 is 0 Å². The maximum atomic E-state index is 11.0. The lowest BCUT2D eigenvalue weighted by Gasteiger charge is -2.13. The number of aliphatic carboxylic acids is 1. The number of nitrogens with zero attached hydrogens (tertiary/aromatic N) is 1. The van der Waals surface area contributed by atoms with E-state index < -0.39 is 12.0 Å². The second-order valence-electron chi connectivity index (χ2n) is 4.90. The molecule has 0 fully saturated rings. The third kappa shape index (κ3) is 6.34. The number of carbonyl (C=O) groups is 1. The molecule has 19 heavy (non-hydrogen) atoms. The van der Waals surface area contributed by atoms with Crippen LogP contribution in [0, 0.1) is 6.92 Å². The predicted molar refractivity (Wildman–Crippen MR) is 76.2 cm³/mol. The van der Waals surface area contributed by atoms with Crippen LogP contribution in [0.2, 0.25) is 0 Å². The Morgan fingerprint density at radius 2 is 2.21 bits per heavy atom. The van der Waals surface area contributed by atoms with Crippen LogP contribution in [-0.2, 0) is 11.2 Å². The monoisotopic (exact) mass is 264 g/mol. The maximum absolute atomic E-state index is 11.0. The fourth-order valence-corrected chi connectivity index (χ4v) is 1.94. The molecule has 0 aliphatic carbocycles. The van der Waals surface area contributed by atoms with Crippen molar-refractivity contribution >= 4 is 5.97 Å². The number of hydrogen-bond donors (Lipinski definition) is 2. The molecule has 1 atom stereocenters. The van der Waals surface area contributed by atoms with Crippen molar-refractivity contribution in [2.45, 2.75) is 52.0 Å². The first-order valence-corrected chi connectivity index (χ1v) is 7.01. The number of pyridine rings is 1. The van der Waals surface area contributed by atoms with Crippen LogP contribution >= 0.6 is 0 Å². The minimum Gasteiger partial charge on any atom is -0.480 e. The van der Waals surface area contributed by atoms with Crippen molar-refractivity contribution in [3.63, 3.8) is 0 Å². The zero-order valence-electron chi connectivity index (χ0n) is 11.9. The predicted octanol–water partition coefficient (Wildman–Crippen LogP) is 2.56. The second-order valence-corrected chi connectivity index (χ2v) is 4.90. The maximum Gasteiger partial charge on any atom is 0.320 e. The summed E-state index contributed by atoms with van der Waals surface area (Å²) in [6.07, 6.45) is 6.44. The highest BCUT2D eigenvalue weighted by Gasteiger charge is 2.14. The highest BCUT2D eigenvalue weighted by Crippen LogP contribution is 2.04. The van der Waals surface area contributed by atoms with Crippen LogP contribution in [0.5, 0.6) is 0 Å². The Labute approximate surface area is 115 Å². The Balaban J connectivity index is 2.24. The summed E-state index contributed by atoms with van der Waals surface area (Å²) < 4.78 is 0. The molecule has 0 bridgehead atoms. The van der Waals surface area contributed by atoms with E-state index in [9.17, 15) is 4.79 Å². The van der Waals surface area contributed by atoms with Crippen LogP contribution in [-0.4, -0.2) is 28.6 Å². The summed E-state index contributed by atoms with van der Waals surface area (Å²) in [7, 11) is 0. The largest absolute Gasteiger partial charge is 0.480 e. The van der Waals surface area contributed by atoms with Crippen molar-refractivity contribution < 1.29 is 9.90 Å². The molecular weight excluding hydrogens is 240 g/mol. The third-order valence-electron chi connectivity index (χ3n) is 3.15. The molecule has 4 nitrogen and oxygen atoms in total. The third-order valence-corrected chi connectivity index (χ3v) is 3.15. The molecule has 1 rings (SSSR count). The fraction of sp³-hybridized carbons (Fsp3) is 0.600. The van der Waals surface area contributed by atoms with Crippen molar-refractivity contribution in [1.29, 1.82) is 0 Å². The minimum absolute atomic E-state index is 0.406. The molecule has 4 heteroatoms. The normalized spacial score (nSPS) is 12.3. The molecule has 1 heterocycles. The number of nitrogens with one attached hydrogen (secondary N) is 1. The lowest BCUT2D eigenvalue weighted by Crippen LogP contribution is -2.37. The van der Waals surface area contributed by atoms with Crippen LogP contribution in [0.15, 0.2) is 18.3 Å². The Bertz CT molecular complexity index is 376. The number of hydrogen-bond acceptors (Lipinski definition) is 3. The topological polar surface area (TPSA) is 62.2 Å². The van der Waals surface area contributed by atoms with E-state index in [0.717, 1.165) is 37.9 Å². The van der Waals surface area contributed by atoms with Gasteiger partial charge in [-0.15, -0.1) is 0 Å². The Kier molecular flexibility index (Phi) is 7.11. The van der Waals surface area contributed by atoms with Crippen molar-refractivity contribution in [2.75, 3.05) is 6.54 Å². The highest BCUT2D eigenvalue weighted by atomic mass is 16.4. The van der Waals surface area contributed by atoms with Gasteiger partial charge in [-0.25, -0.2) is 0 Å². The van der Waals surface area contributed by atoms with Gasteiger partial charge in [-0.3, -0.25) is 9.78 Å². The molecule has 0 aliphatic heterocycles. The van der Waals surface area contributed by atoms with Gasteiger partial charge in [-0.2, -0.15) is 0 Å². The molecule has 1 aromatic rings. The van der Waals surface area contributed by atoms with E-state index in [1.807, 2.05) is 19.2 Å². The standard InChI is InChI=1S/C15H24N2O2/c1-3-4-7-14(15(18)19)16-10-5-6-13-9-8-12(2)17-11-13/h8-9,11,14,16H,3-7,10H2,1-2H3,(H,18,19)/t14-/m0/s1. The number of aromatic nitrogens is 1. The van der Waals surface area contributed by atoms with E-state index in [0.29, 0.717) is 6.42 Å². The van der Waals surface area contributed by atoms with Gasteiger partial charge in [0.25, 0.3) is 0 Å². The molecule has 0 aromatic carbocycles. The molecule has 106 valence electrons. The van der Waals surface area contributed by atoms with Gasteiger partial charge in [0, 0.05) is 11.9 Å². The number of unbranched alkanes of at least 4 members (excludes halogenated alkanes) is 1. The fourth-order valence-electron chi connectivity index (χ4n) is 1.94. The van der Waals surface area contributed by atoms with Gasteiger partial charge < -0.3 is 10.4 Å². The SMILES string of the molecule is CCCC[C@H](NCCCc1ccc(C)nc1)C(=O)O. The lowest BCUT2D eigenvalue weighted by molar-refractivity contribution is -0.139. The number of rotatable bonds is 9. The van der Waals surface area contributed by atoms with E-state index in [1.165, 1.54) is 5.56 Å². The van der Waals surface area contributed by atoms with Gasteiger partial charge in [0.1, 0.15) is 6.04 Å². The smallest absolute Gasteiger partial charge is 0.320 e. The Hall–Kier alpha value is -1.42. The summed E-state index contributed by atoms with van der Waals surface area (Å²) in [4.78, 5) is 15.3. The van der Waals surface area contributed by atoms with Crippen LogP contribution in [0.3, 0.4) is 0 Å². The summed E-state index contributed by atoms with van der Waals surface area (Å²) in [6, 6.07) is 3.68. The Morgan fingerprint density at radius 1 is 1.42 bits per heavy atom. The van der Waals surface area contributed by atoms with Crippen molar-refractivity contribution in [2.24, 2.45) is 0 Å². The number of aryl methyl sites for hydroxylation is 2. The molecule has 2 N–H and O–H groups in total. The van der Waals surface area contributed by atoms with Gasteiger partial charge in [0.2, 0.25) is 0 Å². The quantitative estimate of drug-likeness (QED) is 0.673. The van der Waals surface area contributed by atoms with Crippen molar-refractivity contribution in [1.82, 2.24) is 10.3 Å². The van der Waals surface area contributed by atoms with Crippen molar-refractivity contribution in [3.05, 3.63) is 29.6 Å². The highest BCUT2D eigenvalue weighted by molar-refractivity contribution is 5.73. The molecule has 0 saturated heterocycles. The van der Waals surface area contributed by atoms with E-state index in [-0.39, 0.29) is 0 Å². The zero-order chi connectivity index (χ0) is 14.1. The first kappa shape index (κ1) is 15.6. The second kappa shape index (κ2) is 8.64. The number of carboxylic acids is 1. The molecule has 0 amide bonds. The van der Waals surface area contributed by atoms with E-state index in [1.54, 1.807) is 0 Å². The first-order valence-electron chi connectivity index (χ1n) is 7.01. The molecule has 0 spiro atoms. The molecule has 0 unspecified atom stereocenters. The molecule has 0 radical (unpaired) electrons. The summed E-state index contributed by atoms with van der Waals surface area (Å²) in [5.41, 5.74) is 2.22. The first-order chi connectivity index (χ1) is 9.13. The van der Waals surface area contributed by atoms with Gasteiger partial charge in [0.05, 0.1) is 0 Å².